The molecule has 2 aromatic rings. The SMILES string of the molecule is COC(=O)c1c(-c2ccccc2C(=O)O)cccc1C(F)(F)F. The number of carbonyl (C=O) groups excluding carboxylic acids is 1. The molecule has 4 nitrogen and oxygen atoms in total. The minimum atomic E-state index is -4.78. The first kappa shape index (κ1) is 16.5. The number of carboxylic acids is 1. The number of esters is 1. The maximum Gasteiger partial charge on any atom is 0.417 e. The molecule has 0 amide bonds. The molecule has 0 saturated carbocycles. The summed E-state index contributed by atoms with van der Waals surface area (Å²) < 4.78 is 44.0. The lowest BCUT2D eigenvalue weighted by Crippen LogP contribution is -2.16. The fraction of sp³-hybridized carbons (Fsp3) is 0.125. The van der Waals surface area contributed by atoms with Gasteiger partial charge in [-0.05, 0) is 23.3 Å². The lowest BCUT2D eigenvalue weighted by molar-refractivity contribution is -0.138. The summed E-state index contributed by atoms with van der Waals surface area (Å²) in [5.74, 6) is -2.50. The first-order valence-corrected chi connectivity index (χ1v) is 6.38. The van der Waals surface area contributed by atoms with Gasteiger partial charge in [-0.3, -0.25) is 0 Å². The monoisotopic (exact) mass is 324 g/mol. The van der Waals surface area contributed by atoms with Crippen LogP contribution in [0.5, 0.6) is 0 Å². The summed E-state index contributed by atoms with van der Waals surface area (Å²) in [6, 6.07) is 8.62. The Morgan fingerprint density at radius 2 is 1.61 bits per heavy atom. The normalized spacial score (nSPS) is 11.1. The third kappa shape index (κ3) is 3.18. The third-order valence-corrected chi connectivity index (χ3v) is 3.21. The molecule has 0 unspecified atom stereocenters. The number of alkyl halides is 3. The number of carboxylic acid groups (broad SMARTS) is 1. The van der Waals surface area contributed by atoms with Crippen LogP contribution in [0.2, 0.25) is 0 Å². The summed E-state index contributed by atoms with van der Waals surface area (Å²) in [4.78, 5) is 23.2. The summed E-state index contributed by atoms with van der Waals surface area (Å²) in [5.41, 5.74) is -2.24. The highest BCUT2D eigenvalue weighted by Crippen LogP contribution is 2.38. The average Bonchev–Trinajstić information content (AvgIpc) is 2.52. The van der Waals surface area contributed by atoms with Gasteiger partial charge in [-0.25, -0.2) is 9.59 Å². The Hall–Kier alpha value is -2.83. The fourth-order valence-corrected chi connectivity index (χ4v) is 2.24. The molecule has 0 atom stereocenters. The van der Waals surface area contributed by atoms with Gasteiger partial charge in [0.2, 0.25) is 0 Å². The van der Waals surface area contributed by atoms with Gasteiger partial charge in [-0.2, -0.15) is 13.2 Å². The molecule has 0 fully saturated rings. The molecule has 0 aliphatic carbocycles. The van der Waals surface area contributed by atoms with E-state index in [0.29, 0.717) is 0 Å². The van der Waals surface area contributed by atoms with Crippen molar-refractivity contribution in [1.29, 1.82) is 0 Å². The summed E-state index contributed by atoms with van der Waals surface area (Å²) in [5, 5.41) is 9.20. The number of carbonyl (C=O) groups is 2. The van der Waals surface area contributed by atoms with Crippen molar-refractivity contribution in [3.63, 3.8) is 0 Å². The van der Waals surface area contributed by atoms with E-state index in [1.165, 1.54) is 30.3 Å². The molecule has 0 aromatic heterocycles. The molecule has 23 heavy (non-hydrogen) atoms. The van der Waals surface area contributed by atoms with Crippen molar-refractivity contribution >= 4 is 11.9 Å². The van der Waals surface area contributed by atoms with Crippen LogP contribution in [-0.4, -0.2) is 24.2 Å². The van der Waals surface area contributed by atoms with Crippen LogP contribution in [0.3, 0.4) is 0 Å². The zero-order valence-electron chi connectivity index (χ0n) is 11.8. The maximum absolute atomic E-state index is 13.2. The van der Waals surface area contributed by atoms with E-state index in [9.17, 15) is 27.9 Å². The number of ether oxygens (including phenoxy) is 1. The van der Waals surface area contributed by atoms with Crippen molar-refractivity contribution < 1.29 is 32.6 Å². The molecule has 0 saturated heterocycles. The van der Waals surface area contributed by atoms with E-state index in [1.54, 1.807) is 0 Å². The molecule has 0 aliphatic heterocycles. The number of hydrogen-bond donors (Lipinski definition) is 1. The van der Waals surface area contributed by atoms with Crippen molar-refractivity contribution in [1.82, 2.24) is 0 Å². The Bertz CT molecular complexity index is 766. The molecule has 120 valence electrons. The van der Waals surface area contributed by atoms with Crippen molar-refractivity contribution in [2.45, 2.75) is 6.18 Å². The highest BCUT2D eigenvalue weighted by molar-refractivity contribution is 6.03. The van der Waals surface area contributed by atoms with E-state index < -0.39 is 29.2 Å². The predicted octanol–water partition coefficient (Wildman–Crippen LogP) is 3.86. The van der Waals surface area contributed by atoms with Crippen LogP contribution in [0.25, 0.3) is 11.1 Å². The molecule has 2 rings (SSSR count). The van der Waals surface area contributed by atoms with Gasteiger partial charge in [0, 0.05) is 0 Å². The van der Waals surface area contributed by atoms with E-state index in [1.807, 2.05) is 0 Å². The topological polar surface area (TPSA) is 63.6 Å². The summed E-state index contributed by atoms with van der Waals surface area (Å²) in [7, 11) is 0.961. The first-order chi connectivity index (χ1) is 10.8. The Morgan fingerprint density at radius 3 is 2.17 bits per heavy atom. The minimum absolute atomic E-state index is 0.00602. The van der Waals surface area contributed by atoms with Crippen molar-refractivity contribution in [3.8, 4) is 11.1 Å². The van der Waals surface area contributed by atoms with Crippen LogP contribution in [0.15, 0.2) is 42.5 Å². The van der Waals surface area contributed by atoms with E-state index in [4.69, 9.17) is 0 Å². The zero-order valence-corrected chi connectivity index (χ0v) is 11.8. The Morgan fingerprint density at radius 1 is 1.00 bits per heavy atom. The van der Waals surface area contributed by atoms with Crippen molar-refractivity contribution in [2.24, 2.45) is 0 Å². The quantitative estimate of drug-likeness (QED) is 0.871. The van der Waals surface area contributed by atoms with Crippen LogP contribution in [0.4, 0.5) is 13.2 Å². The van der Waals surface area contributed by atoms with Crippen LogP contribution in [0, 0.1) is 0 Å². The molecule has 2 aromatic carbocycles. The molecule has 1 N–H and O–H groups in total. The van der Waals surface area contributed by atoms with E-state index in [2.05, 4.69) is 4.74 Å². The fourth-order valence-electron chi connectivity index (χ4n) is 2.24. The van der Waals surface area contributed by atoms with Gasteiger partial charge in [-0.15, -0.1) is 0 Å². The van der Waals surface area contributed by atoms with Crippen LogP contribution in [0.1, 0.15) is 26.3 Å². The van der Waals surface area contributed by atoms with Crippen LogP contribution in [-0.2, 0) is 10.9 Å². The van der Waals surface area contributed by atoms with Crippen LogP contribution < -0.4 is 0 Å². The van der Waals surface area contributed by atoms with Crippen LogP contribution >= 0.6 is 0 Å². The van der Waals surface area contributed by atoms with Gasteiger partial charge in [0.05, 0.1) is 23.8 Å². The summed E-state index contributed by atoms with van der Waals surface area (Å²) >= 11 is 0. The highest BCUT2D eigenvalue weighted by Gasteiger charge is 2.37. The second-order valence-electron chi connectivity index (χ2n) is 4.57. The number of rotatable bonds is 3. The van der Waals surface area contributed by atoms with Gasteiger partial charge in [0.1, 0.15) is 0 Å². The number of benzene rings is 2. The lowest BCUT2D eigenvalue weighted by atomic mass is 9.92. The standard InChI is InChI=1S/C16H11F3O4/c1-23-15(22)13-10(7-4-8-12(13)16(17,18)19)9-5-2-3-6-11(9)14(20)21/h2-8H,1H3,(H,20,21). The minimum Gasteiger partial charge on any atom is -0.478 e. The molecular formula is C16H11F3O4. The highest BCUT2D eigenvalue weighted by atomic mass is 19.4. The van der Waals surface area contributed by atoms with Gasteiger partial charge in [0.15, 0.2) is 0 Å². The van der Waals surface area contributed by atoms with Gasteiger partial charge >= 0.3 is 18.1 Å². The molecule has 0 radical (unpaired) electrons. The molecule has 0 aliphatic rings. The molecule has 0 heterocycles. The largest absolute Gasteiger partial charge is 0.478 e. The number of hydrogen-bond acceptors (Lipinski definition) is 3. The predicted molar refractivity (Wildman–Crippen MR) is 75.2 cm³/mol. The third-order valence-electron chi connectivity index (χ3n) is 3.21. The second-order valence-corrected chi connectivity index (χ2v) is 4.57. The number of methoxy groups -OCH3 is 1. The van der Waals surface area contributed by atoms with Gasteiger partial charge in [-0.1, -0.05) is 30.3 Å². The smallest absolute Gasteiger partial charge is 0.417 e. The Balaban J connectivity index is 2.84. The van der Waals surface area contributed by atoms with E-state index in [0.717, 1.165) is 19.2 Å². The van der Waals surface area contributed by atoms with Crippen molar-refractivity contribution in [3.05, 3.63) is 59.2 Å². The summed E-state index contributed by atoms with van der Waals surface area (Å²) in [6.07, 6.45) is -4.78. The molecular weight excluding hydrogens is 313 g/mol. The zero-order chi connectivity index (χ0) is 17.2. The molecule has 0 bridgehead atoms. The first-order valence-electron chi connectivity index (χ1n) is 6.38. The van der Waals surface area contributed by atoms with Crippen molar-refractivity contribution in [2.75, 3.05) is 7.11 Å². The molecule has 0 spiro atoms. The number of halogens is 3. The second kappa shape index (κ2) is 6.12. The lowest BCUT2D eigenvalue weighted by Gasteiger charge is -2.16. The summed E-state index contributed by atoms with van der Waals surface area (Å²) in [6.45, 7) is 0. The Labute approximate surface area is 129 Å². The average molecular weight is 324 g/mol. The van der Waals surface area contributed by atoms with E-state index in [-0.39, 0.29) is 16.7 Å². The maximum atomic E-state index is 13.2. The Kier molecular flexibility index (Phi) is 4.40. The van der Waals surface area contributed by atoms with Gasteiger partial charge < -0.3 is 9.84 Å². The van der Waals surface area contributed by atoms with Gasteiger partial charge in [0.25, 0.3) is 0 Å². The molecule has 7 heteroatoms. The van der Waals surface area contributed by atoms with E-state index >= 15 is 0 Å². The number of aromatic carboxylic acids is 1.